The Morgan fingerprint density at radius 2 is 0.897 bits per heavy atom. The lowest BCUT2D eigenvalue weighted by atomic mass is 9.34. The third-order valence-electron chi connectivity index (χ3n) is 18.3. The van der Waals surface area contributed by atoms with Gasteiger partial charge >= 0.3 is 0 Å². The van der Waals surface area contributed by atoms with Crippen molar-refractivity contribution in [3.05, 3.63) is 235 Å². The molecule has 1 aromatic heterocycles. The van der Waals surface area contributed by atoms with E-state index in [1.165, 1.54) is 66.2 Å². The average Bonchev–Trinajstić information content (AvgIpc) is 3.37. The third kappa shape index (κ3) is 7.32. The van der Waals surface area contributed by atoms with Crippen LogP contribution in [0.25, 0.3) is 72.0 Å². The van der Waals surface area contributed by atoms with Gasteiger partial charge in [0, 0.05) is 39.3 Å². The van der Waals surface area contributed by atoms with Gasteiger partial charge in [-0.2, -0.15) is 0 Å². The fourth-order valence-electron chi connectivity index (χ4n) is 13.1. The molecular weight excluding hydrogens is 944 g/mol. The summed E-state index contributed by atoms with van der Waals surface area (Å²) < 4.78 is 9.97. The molecule has 0 saturated heterocycles. The molecule has 3 nitrogen and oxygen atoms in total. The van der Waals surface area contributed by atoms with Crippen molar-refractivity contribution in [3.8, 4) is 61.7 Å². The van der Waals surface area contributed by atoms with Crippen molar-refractivity contribution < 1.29 is 4.74 Å². The van der Waals surface area contributed by atoms with Gasteiger partial charge in [0.25, 0.3) is 6.71 Å². The molecule has 0 amide bonds. The average molecular weight is 1010 g/mol. The maximum Gasteiger partial charge on any atom is 0.256 e. The van der Waals surface area contributed by atoms with E-state index in [0.717, 1.165) is 73.0 Å². The number of rotatable bonds is 4. The van der Waals surface area contributed by atoms with Crippen LogP contribution in [-0.4, -0.2) is 11.3 Å². The van der Waals surface area contributed by atoms with Gasteiger partial charge in [0.15, 0.2) is 0 Å². The van der Waals surface area contributed by atoms with Crippen molar-refractivity contribution in [2.75, 3.05) is 4.90 Å². The van der Waals surface area contributed by atoms with Gasteiger partial charge in [-0.25, -0.2) is 0 Å². The van der Waals surface area contributed by atoms with Crippen LogP contribution in [0.5, 0.6) is 11.5 Å². The second kappa shape index (κ2) is 17.1. The van der Waals surface area contributed by atoms with E-state index in [1.54, 1.807) is 0 Å². The number of benzene rings is 10. The highest BCUT2D eigenvalue weighted by Crippen LogP contribution is 2.52. The lowest BCUT2D eigenvalue weighted by Crippen LogP contribution is -2.59. The Bertz CT molecular complexity index is 4150. The molecule has 4 heteroatoms. The zero-order chi connectivity index (χ0) is 53.6. The summed E-state index contributed by atoms with van der Waals surface area (Å²) in [6.45, 7) is 23.8. The van der Waals surface area contributed by atoms with Crippen LogP contribution in [0, 0.1) is 0 Å². The molecule has 8 bridgehead atoms. The Hall–Kier alpha value is -8.34. The Morgan fingerprint density at radius 3 is 1.44 bits per heavy atom. The zero-order valence-electron chi connectivity index (χ0n) is 46.6. The molecule has 4 heterocycles. The third-order valence-corrected chi connectivity index (χ3v) is 18.3. The van der Waals surface area contributed by atoms with Gasteiger partial charge in [-0.3, -0.25) is 0 Å². The number of aromatic nitrogens is 1. The van der Waals surface area contributed by atoms with Crippen LogP contribution in [0.3, 0.4) is 0 Å². The Morgan fingerprint density at radius 1 is 0.397 bits per heavy atom. The predicted molar refractivity (Wildman–Crippen MR) is 332 cm³/mol. The van der Waals surface area contributed by atoms with Crippen LogP contribution < -0.4 is 26.0 Å². The van der Waals surface area contributed by atoms with Gasteiger partial charge in [0.1, 0.15) is 11.5 Å². The molecule has 3 aliphatic heterocycles. The lowest BCUT2D eigenvalue weighted by molar-refractivity contribution is 0.302. The normalized spacial score (nSPS) is 14.8. The van der Waals surface area contributed by atoms with E-state index in [-0.39, 0.29) is 28.4 Å². The predicted octanol–water partition coefficient (Wildman–Crippen LogP) is 18.0. The van der Waals surface area contributed by atoms with E-state index in [0.29, 0.717) is 0 Å². The fourth-order valence-corrected chi connectivity index (χ4v) is 13.1. The largest absolute Gasteiger partial charge is 0.458 e. The topological polar surface area (TPSA) is 17.4 Å². The summed E-state index contributed by atoms with van der Waals surface area (Å²) in [5.41, 5.74) is 24.4. The minimum Gasteiger partial charge on any atom is -0.458 e. The van der Waals surface area contributed by atoms with Gasteiger partial charge in [-0.15, -0.1) is 0 Å². The highest BCUT2D eigenvalue weighted by molar-refractivity contribution is 6.99. The molecule has 0 fully saturated rings. The second-order valence-electron chi connectivity index (χ2n) is 25.4. The number of hydrogen-bond donors (Lipinski definition) is 0. The van der Waals surface area contributed by atoms with Crippen molar-refractivity contribution in [1.82, 2.24) is 4.57 Å². The minimum atomic E-state index is -0.271. The Balaban J connectivity index is 1.15. The Kier molecular flexibility index (Phi) is 10.5. The number of nitrogens with zero attached hydrogens (tertiary/aromatic N) is 2. The molecule has 380 valence electrons. The fraction of sp³-hybridized carbons (Fsp3) is 0.189. The molecule has 0 atom stereocenters. The molecule has 0 aliphatic carbocycles. The van der Waals surface area contributed by atoms with Crippen LogP contribution in [0.4, 0.5) is 17.1 Å². The SMILES string of the molecule is CC(C)(C)c1cc2cc(c1)C(C)(C)C(C)(C)c1cc(cc(C(C)(C)C)c1)-c1ccc3c(c1)B1c4cc-2ccc4Oc2cc(-n4c5ccccc5c5ccccc54)cc(c21)N3c1c(-c2ccccc2)cccc1-c1ccccc1. The van der Waals surface area contributed by atoms with Crippen molar-refractivity contribution in [2.24, 2.45) is 0 Å². The second-order valence-corrected chi connectivity index (χ2v) is 25.4. The van der Waals surface area contributed by atoms with E-state index < -0.39 is 0 Å². The minimum absolute atomic E-state index is 0.0814. The molecule has 0 radical (unpaired) electrons. The van der Waals surface area contributed by atoms with Crippen LogP contribution in [-0.2, 0) is 21.7 Å². The number of ether oxygens (including phenoxy) is 1. The summed E-state index contributed by atoms with van der Waals surface area (Å²) in [7, 11) is 0. The first-order valence-corrected chi connectivity index (χ1v) is 27.9. The maximum absolute atomic E-state index is 7.53. The quantitative estimate of drug-likeness (QED) is 0.164. The number of fused-ring (bicyclic) bond motifs is 11. The van der Waals surface area contributed by atoms with Crippen LogP contribution in [0.15, 0.2) is 212 Å². The van der Waals surface area contributed by atoms with E-state index in [9.17, 15) is 0 Å². The van der Waals surface area contributed by atoms with Crippen molar-refractivity contribution in [1.29, 1.82) is 0 Å². The van der Waals surface area contributed by atoms with Crippen molar-refractivity contribution in [3.63, 3.8) is 0 Å². The molecule has 0 unspecified atom stereocenters. The van der Waals surface area contributed by atoms with Crippen molar-refractivity contribution in [2.45, 2.75) is 90.9 Å². The molecule has 11 aromatic rings. The van der Waals surface area contributed by atoms with E-state index in [1.807, 2.05) is 0 Å². The molecule has 0 saturated carbocycles. The number of para-hydroxylation sites is 3. The summed E-state index contributed by atoms with van der Waals surface area (Å²) in [5, 5.41) is 2.44. The molecule has 0 spiro atoms. The Labute approximate surface area is 460 Å². The van der Waals surface area contributed by atoms with Gasteiger partial charge in [-0.05, 0) is 124 Å². The summed E-state index contributed by atoms with van der Waals surface area (Å²) in [6.07, 6.45) is 0. The summed E-state index contributed by atoms with van der Waals surface area (Å²) in [4.78, 5) is 2.60. The first-order chi connectivity index (χ1) is 37.4. The molecule has 0 N–H and O–H groups in total. The van der Waals surface area contributed by atoms with E-state index in [4.69, 9.17) is 4.74 Å². The standard InChI is InChI=1S/C74H65BN2O/c1-71(2,3)52-36-50-38-54(42-52)73(7,8)74(9,10)55-39-51(37-53(43-55)72(4,5)6)49-33-35-67-62(41-49)75-61-40-48(50)32-34-65(61)77(70-57(46-22-13-11-14-23-46)28-21-29-58(70)47-24-15-12-16-25-47)66-44-56(45-68(78-67)69(66)75)76-63-30-19-17-26-59(63)60-27-18-20-31-64(60)76/h11-45H,1-10H3. The summed E-state index contributed by atoms with van der Waals surface area (Å²) >= 11 is 0. The van der Waals surface area contributed by atoms with E-state index >= 15 is 0 Å². The number of anilines is 3. The van der Waals surface area contributed by atoms with Gasteiger partial charge in [-0.1, -0.05) is 245 Å². The van der Waals surface area contributed by atoms with Crippen LogP contribution >= 0.6 is 0 Å². The molecule has 14 rings (SSSR count). The van der Waals surface area contributed by atoms with Gasteiger partial charge in [0.2, 0.25) is 0 Å². The van der Waals surface area contributed by atoms with E-state index in [2.05, 4.69) is 291 Å². The van der Waals surface area contributed by atoms with Crippen LogP contribution in [0.2, 0.25) is 0 Å². The first-order valence-electron chi connectivity index (χ1n) is 27.9. The molecule has 3 aliphatic rings. The number of hydrogen-bond acceptors (Lipinski definition) is 2. The van der Waals surface area contributed by atoms with Gasteiger partial charge in [0.05, 0.1) is 22.4 Å². The van der Waals surface area contributed by atoms with Gasteiger partial charge < -0.3 is 14.2 Å². The highest BCUT2D eigenvalue weighted by Gasteiger charge is 2.45. The summed E-state index contributed by atoms with van der Waals surface area (Å²) in [5.74, 6) is 1.75. The lowest BCUT2D eigenvalue weighted by Gasteiger charge is -2.44. The molecule has 10 aromatic carbocycles. The highest BCUT2D eigenvalue weighted by atomic mass is 16.5. The van der Waals surface area contributed by atoms with Crippen LogP contribution in [0.1, 0.15) is 91.5 Å². The molecular formula is C74H65BN2O. The maximum atomic E-state index is 7.53. The smallest absolute Gasteiger partial charge is 0.256 e. The molecule has 78 heavy (non-hydrogen) atoms. The monoisotopic (exact) mass is 1010 g/mol. The summed E-state index contributed by atoms with van der Waals surface area (Å²) in [6, 6.07) is 80.5. The zero-order valence-corrected chi connectivity index (χ0v) is 46.6. The van der Waals surface area contributed by atoms with Crippen molar-refractivity contribution >= 4 is 62.0 Å². The first kappa shape index (κ1) is 48.1.